The van der Waals surface area contributed by atoms with Gasteiger partial charge in [0.05, 0.1) is 16.7 Å². The predicted molar refractivity (Wildman–Crippen MR) is 98.8 cm³/mol. The summed E-state index contributed by atoms with van der Waals surface area (Å²) < 4.78 is 6.17. The molecular weight excluding hydrogens is 415 g/mol. The van der Waals surface area contributed by atoms with E-state index in [2.05, 4.69) is 22.0 Å². The van der Waals surface area contributed by atoms with Crippen LogP contribution in [0.25, 0.3) is 11.6 Å². The number of allylic oxidation sites excluding steroid dienone is 1. The van der Waals surface area contributed by atoms with Crippen molar-refractivity contribution in [2.24, 2.45) is 5.73 Å². The molecule has 122 valence electrons. The van der Waals surface area contributed by atoms with Crippen molar-refractivity contribution in [1.29, 1.82) is 5.26 Å². The first-order valence-electron chi connectivity index (χ1n) is 6.68. The van der Waals surface area contributed by atoms with Crippen LogP contribution in [0.3, 0.4) is 0 Å². The Bertz CT molecular complexity index is 860. The second-order valence-corrected chi connectivity index (χ2v) is 6.49. The summed E-state index contributed by atoms with van der Waals surface area (Å²) in [6.45, 7) is -0.258. The summed E-state index contributed by atoms with van der Waals surface area (Å²) in [7, 11) is 0. The van der Waals surface area contributed by atoms with Crippen molar-refractivity contribution in [1.82, 2.24) is 0 Å². The molecule has 7 heteroatoms. The molecular formula is C17H11BrCl2N2O2. The summed E-state index contributed by atoms with van der Waals surface area (Å²) in [5.41, 5.74) is 6.58. The minimum Gasteiger partial charge on any atom is -0.483 e. The number of ether oxygens (including phenoxy) is 1. The lowest BCUT2D eigenvalue weighted by Gasteiger charge is -2.09. The molecule has 2 rings (SSSR count). The Hall–Kier alpha value is -2.00. The Balaban J connectivity index is 2.49. The molecule has 4 nitrogen and oxygen atoms in total. The number of hydrogen-bond acceptors (Lipinski definition) is 3. The van der Waals surface area contributed by atoms with Gasteiger partial charge in [-0.2, -0.15) is 5.26 Å². The molecule has 0 aliphatic rings. The first-order chi connectivity index (χ1) is 11.4. The second-order valence-electron chi connectivity index (χ2n) is 4.73. The van der Waals surface area contributed by atoms with E-state index in [4.69, 9.17) is 33.7 Å². The number of benzene rings is 2. The molecule has 2 N–H and O–H groups in total. The summed E-state index contributed by atoms with van der Waals surface area (Å²) >= 11 is 15.4. The van der Waals surface area contributed by atoms with Crippen LogP contribution in [0.4, 0.5) is 0 Å². The fourth-order valence-electron chi connectivity index (χ4n) is 1.95. The van der Waals surface area contributed by atoms with Crippen LogP contribution in [0.15, 0.2) is 40.9 Å². The quantitative estimate of drug-likeness (QED) is 0.557. The highest BCUT2D eigenvalue weighted by Crippen LogP contribution is 2.31. The fourth-order valence-corrected chi connectivity index (χ4v) is 2.84. The van der Waals surface area contributed by atoms with Crippen LogP contribution in [0.1, 0.15) is 11.1 Å². The van der Waals surface area contributed by atoms with Crippen LogP contribution in [0.5, 0.6) is 5.75 Å². The number of carbonyl (C=O) groups is 1. The fraction of sp³-hybridized carbons (Fsp3) is 0.0588. The van der Waals surface area contributed by atoms with E-state index in [0.29, 0.717) is 32.5 Å². The van der Waals surface area contributed by atoms with Gasteiger partial charge in [0.2, 0.25) is 0 Å². The van der Waals surface area contributed by atoms with Crippen LogP contribution in [-0.4, -0.2) is 12.5 Å². The number of nitrogens with zero attached hydrogens (tertiary/aromatic N) is 1. The summed E-state index contributed by atoms with van der Waals surface area (Å²) in [5, 5.41) is 10.3. The summed E-state index contributed by atoms with van der Waals surface area (Å²) in [4.78, 5) is 10.9. The van der Waals surface area contributed by atoms with Gasteiger partial charge in [0.15, 0.2) is 6.61 Å². The molecule has 0 saturated heterocycles. The first-order valence-corrected chi connectivity index (χ1v) is 8.23. The van der Waals surface area contributed by atoms with Crippen LogP contribution in [0.2, 0.25) is 10.0 Å². The minimum atomic E-state index is -0.589. The lowest BCUT2D eigenvalue weighted by Crippen LogP contribution is -2.20. The highest BCUT2D eigenvalue weighted by molar-refractivity contribution is 9.10. The number of carbonyl (C=O) groups excluding carboxylic acids is 1. The van der Waals surface area contributed by atoms with Gasteiger partial charge in [-0.15, -0.1) is 0 Å². The first kappa shape index (κ1) is 18.3. The highest BCUT2D eigenvalue weighted by Gasteiger charge is 2.10. The number of nitriles is 1. The molecule has 2 aromatic rings. The Morgan fingerprint density at radius 2 is 2.04 bits per heavy atom. The van der Waals surface area contributed by atoms with Crippen molar-refractivity contribution >= 4 is 56.7 Å². The normalized spacial score (nSPS) is 11.0. The van der Waals surface area contributed by atoms with Gasteiger partial charge >= 0.3 is 0 Å². The van der Waals surface area contributed by atoms with Crippen LogP contribution in [-0.2, 0) is 4.79 Å². The smallest absolute Gasteiger partial charge is 0.255 e. The van der Waals surface area contributed by atoms with Crippen molar-refractivity contribution in [3.05, 3.63) is 62.0 Å². The van der Waals surface area contributed by atoms with Gasteiger partial charge < -0.3 is 10.5 Å². The van der Waals surface area contributed by atoms with Gasteiger partial charge in [0, 0.05) is 20.6 Å². The lowest BCUT2D eigenvalue weighted by molar-refractivity contribution is -0.119. The molecule has 1 amide bonds. The average Bonchev–Trinajstić information content (AvgIpc) is 2.52. The van der Waals surface area contributed by atoms with Crippen LogP contribution in [0, 0.1) is 11.3 Å². The highest BCUT2D eigenvalue weighted by atomic mass is 79.9. The summed E-state index contributed by atoms with van der Waals surface area (Å²) in [5.74, 6) is -0.163. The number of halogens is 3. The van der Waals surface area contributed by atoms with E-state index in [1.54, 1.807) is 42.5 Å². The molecule has 0 aliphatic carbocycles. The number of rotatable bonds is 5. The Kier molecular flexibility index (Phi) is 6.27. The molecule has 0 atom stereocenters. The van der Waals surface area contributed by atoms with E-state index < -0.39 is 5.91 Å². The zero-order valence-corrected chi connectivity index (χ0v) is 15.3. The summed E-state index contributed by atoms with van der Waals surface area (Å²) in [6, 6.07) is 12.2. The molecule has 0 unspecified atom stereocenters. The van der Waals surface area contributed by atoms with Gasteiger partial charge in [0.1, 0.15) is 5.75 Å². The maximum atomic E-state index is 10.9. The third-order valence-corrected chi connectivity index (χ3v) is 4.02. The molecule has 0 fully saturated rings. The zero-order chi connectivity index (χ0) is 17.7. The molecule has 24 heavy (non-hydrogen) atoms. The maximum Gasteiger partial charge on any atom is 0.255 e. The van der Waals surface area contributed by atoms with Gasteiger partial charge in [-0.05, 0) is 36.4 Å². The Morgan fingerprint density at radius 3 is 2.67 bits per heavy atom. The lowest BCUT2D eigenvalue weighted by atomic mass is 10.0. The van der Waals surface area contributed by atoms with Crippen molar-refractivity contribution in [3.8, 4) is 11.8 Å². The van der Waals surface area contributed by atoms with E-state index in [-0.39, 0.29) is 6.61 Å². The molecule has 0 saturated carbocycles. The van der Waals surface area contributed by atoms with E-state index in [1.807, 2.05) is 0 Å². The molecule has 0 bridgehead atoms. The van der Waals surface area contributed by atoms with E-state index in [1.165, 1.54) is 0 Å². The number of hydrogen-bond donors (Lipinski definition) is 1. The van der Waals surface area contributed by atoms with Crippen molar-refractivity contribution in [2.75, 3.05) is 6.61 Å². The SMILES string of the molecule is N#C/C(=C\c1cc(Br)ccc1OCC(N)=O)c1ccc(Cl)cc1Cl. The van der Waals surface area contributed by atoms with Gasteiger partial charge in [-0.25, -0.2) is 0 Å². The van der Waals surface area contributed by atoms with Crippen molar-refractivity contribution in [2.45, 2.75) is 0 Å². The second kappa shape index (κ2) is 8.20. The Labute approximate surface area is 157 Å². The van der Waals surface area contributed by atoms with E-state index in [9.17, 15) is 10.1 Å². The van der Waals surface area contributed by atoms with Crippen molar-refractivity contribution < 1.29 is 9.53 Å². The third kappa shape index (κ3) is 4.75. The number of nitrogens with two attached hydrogens (primary N) is 1. The topological polar surface area (TPSA) is 76.1 Å². The molecule has 0 aliphatic heterocycles. The molecule has 2 aromatic carbocycles. The molecule has 0 radical (unpaired) electrons. The average molecular weight is 426 g/mol. The third-order valence-electron chi connectivity index (χ3n) is 2.98. The van der Waals surface area contributed by atoms with Crippen molar-refractivity contribution in [3.63, 3.8) is 0 Å². The molecule has 0 aromatic heterocycles. The van der Waals surface area contributed by atoms with Gasteiger partial charge in [-0.1, -0.05) is 45.2 Å². The largest absolute Gasteiger partial charge is 0.483 e. The minimum absolute atomic E-state index is 0.258. The molecule has 0 heterocycles. The predicted octanol–water partition coefficient (Wildman–Crippen LogP) is 4.68. The number of primary amides is 1. The van der Waals surface area contributed by atoms with Crippen LogP contribution < -0.4 is 10.5 Å². The number of amides is 1. The van der Waals surface area contributed by atoms with E-state index >= 15 is 0 Å². The standard InChI is InChI=1S/C17H11BrCl2N2O2/c18-12-1-4-16(24-9-17(22)23)10(6-12)5-11(8-21)14-3-2-13(19)7-15(14)20/h1-7H,9H2,(H2,22,23)/b11-5+. The van der Waals surface area contributed by atoms with Crippen LogP contribution >= 0.6 is 39.1 Å². The van der Waals surface area contributed by atoms with Gasteiger partial charge in [-0.3, -0.25) is 4.79 Å². The monoisotopic (exact) mass is 424 g/mol. The van der Waals surface area contributed by atoms with E-state index in [0.717, 1.165) is 4.47 Å². The van der Waals surface area contributed by atoms with Gasteiger partial charge in [0.25, 0.3) is 5.91 Å². The summed E-state index contributed by atoms with van der Waals surface area (Å²) in [6.07, 6.45) is 1.62. The Morgan fingerprint density at radius 1 is 1.29 bits per heavy atom. The molecule has 0 spiro atoms. The zero-order valence-electron chi connectivity index (χ0n) is 12.2. The maximum absolute atomic E-state index is 10.9.